The molecule has 0 aromatic heterocycles. The van der Waals surface area contributed by atoms with Gasteiger partial charge in [0.1, 0.15) is 0 Å². The minimum atomic E-state index is -3.82. The molecule has 0 saturated heterocycles. The van der Waals surface area contributed by atoms with Crippen molar-refractivity contribution in [2.24, 2.45) is 0 Å². The Labute approximate surface area is 147 Å². The topological polar surface area (TPSA) is 86.3 Å². The SMILES string of the molecule is O=C([O-])c1ccc(NS(=O)(=O)c2ccc(Br)c3ccccc23)cc1. The van der Waals surface area contributed by atoms with Crippen molar-refractivity contribution in [3.8, 4) is 0 Å². The van der Waals surface area contributed by atoms with Crippen LogP contribution in [0.2, 0.25) is 0 Å². The number of carboxylic acid groups (broad SMARTS) is 1. The van der Waals surface area contributed by atoms with Crippen LogP contribution in [0, 0.1) is 0 Å². The van der Waals surface area contributed by atoms with Crippen LogP contribution in [0.4, 0.5) is 5.69 Å². The molecule has 0 amide bonds. The number of carbonyl (C=O) groups is 1. The van der Waals surface area contributed by atoms with Crippen LogP contribution in [-0.2, 0) is 10.0 Å². The van der Waals surface area contributed by atoms with E-state index >= 15 is 0 Å². The zero-order valence-corrected chi connectivity index (χ0v) is 14.6. The van der Waals surface area contributed by atoms with Crippen molar-refractivity contribution in [1.29, 1.82) is 0 Å². The molecule has 0 radical (unpaired) electrons. The highest BCUT2D eigenvalue weighted by molar-refractivity contribution is 9.10. The lowest BCUT2D eigenvalue weighted by atomic mass is 10.1. The van der Waals surface area contributed by atoms with E-state index in [1.165, 1.54) is 30.3 Å². The number of hydrogen-bond acceptors (Lipinski definition) is 4. The Hall–Kier alpha value is -2.38. The molecule has 3 aromatic rings. The number of aromatic carboxylic acids is 1. The minimum absolute atomic E-state index is 0.0213. The monoisotopic (exact) mass is 404 g/mol. The molecule has 122 valence electrons. The average Bonchev–Trinajstić information content (AvgIpc) is 2.55. The van der Waals surface area contributed by atoms with E-state index in [-0.39, 0.29) is 16.1 Å². The predicted molar refractivity (Wildman–Crippen MR) is 93.2 cm³/mol. The van der Waals surface area contributed by atoms with Crippen molar-refractivity contribution in [2.45, 2.75) is 4.90 Å². The third-order valence-electron chi connectivity index (χ3n) is 3.49. The van der Waals surface area contributed by atoms with Gasteiger partial charge >= 0.3 is 0 Å². The summed E-state index contributed by atoms with van der Waals surface area (Å²) in [5, 5.41) is 12.1. The van der Waals surface area contributed by atoms with E-state index in [9.17, 15) is 18.3 Å². The fraction of sp³-hybridized carbons (Fsp3) is 0. The first kappa shape index (κ1) is 16.5. The van der Waals surface area contributed by atoms with E-state index in [4.69, 9.17) is 0 Å². The van der Waals surface area contributed by atoms with Crippen molar-refractivity contribution in [1.82, 2.24) is 0 Å². The van der Waals surface area contributed by atoms with Gasteiger partial charge in [-0.25, -0.2) is 8.42 Å². The first-order valence-electron chi connectivity index (χ1n) is 6.90. The number of fused-ring (bicyclic) bond motifs is 1. The van der Waals surface area contributed by atoms with Crippen molar-refractivity contribution in [2.75, 3.05) is 4.72 Å². The molecule has 0 unspecified atom stereocenters. The second kappa shape index (κ2) is 6.26. The number of anilines is 1. The molecule has 0 aliphatic heterocycles. The molecule has 0 fully saturated rings. The summed E-state index contributed by atoms with van der Waals surface area (Å²) < 4.78 is 28.6. The van der Waals surface area contributed by atoms with E-state index < -0.39 is 16.0 Å². The Balaban J connectivity index is 2.02. The van der Waals surface area contributed by atoms with Gasteiger partial charge in [0.05, 0.1) is 10.9 Å². The summed E-state index contributed by atoms with van der Waals surface area (Å²) in [6.45, 7) is 0. The fourth-order valence-electron chi connectivity index (χ4n) is 2.35. The summed E-state index contributed by atoms with van der Waals surface area (Å²) in [6.07, 6.45) is 0. The van der Waals surface area contributed by atoms with Crippen LogP contribution >= 0.6 is 15.9 Å². The summed E-state index contributed by atoms with van der Waals surface area (Å²) in [6, 6.07) is 15.7. The quantitative estimate of drug-likeness (QED) is 0.723. The van der Waals surface area contributed by atoms with E-state index in [2.05, 4.69) is 20.7 Å². The molecule has 0 aliphatic rings. The van der Waals surface area contributed by atoms with Crippen molar-refractivity contribution in [3.05, 3.63) is 70.7 Å². The average molecular weight is 405 g/mol. The summed E-state index contributed by atoms with van der Waals surface area (Å²) in [5.74, 6) is -1.32. The molecule has 0 spiro atoms. The van der Waals surface area contributed by atoms with E-state index in [1.807, 2.05) is 12.1 Å². The van der Waals surface area contributed by atoms with Gasteiger partial charge in [-0.2, -0.15) is 0 Å². The Morgan fingerprint density at radius 2 is 1.54 bits per heavy atom. The maximum absolute atomic E-state index is 12.7. The molecule has 0 saturated carbocycles. The standard InChI is InChI=1S/C17H12BrNO4S/c18-15-9-10-16(14-4-2-1-3-13(14)15)24(22,23)19-12-7-5-11(6-8-12)17(20)21/h1-10,19H,(H,20,21)/p-1. The second-order valence-corrected chi connectivity index (χ2v) is 7.57. The van der Waals surface area contributed by atoms with Gasteiger partial charge in [0.25, 0.3) is 10.0 Å². The van der Waals surface area contributed by atoms with Crippen LogP contribution in [0.1, 0.15) is 10.4 Å². The molecular weight excluding hydrogens is 394 g/mol. The molecule has 3 aromatic carbocycles. The van der Waals surface area contributed by atoms with Gasteiger partial charge in [-0.15, -0.1) is 0 Å². The Morgan fingerprint density at radius 3 is 2.17 bits per heavy atom. The van der Waals surface area contributed by atoms with Gasteiger partial charge in [0.15, 0.2) is 0 Å². The predicted octanol–water partition coefficient (Wildman–Crippen LogP) is 2.77. The molecule has 3 rings (SSSR count). The van der Waals surface area contributed by atoms with Crippen molar-refractivity contribution < 1.29 is 18.3 Å². The smallest absolute Gasteiger partial charge is 0.262 e. The third-order valence-corrected chi connectivity index (χ3v) is 5.62. The zero-order chi connectivity index (χ0) is 17.3. The number of hydrogen-bond donors (Lipinski definition) is 1. The number of carboxylic acids is 1. The van der Waals surface area contributed by atoms with Crippen molar-refractivity contribution >= 4 is 48.4 Å². The highest BCUT2D eigenvalue weighted by Crippen LogP contribution is 2.30. The lowest BCUT2D eigenvalue weighted by Crippen LogP contribution is -2.22. The van der Waals surface area contributed by atoms with E-state index in [1.54, 1.807) is 18.2 Å². The summed E-state index contributed by atoms with van der Waals surface area (Å²) in [5.41, 5.74) is 0.249. The third kappa shape index (κ3) is 3.13. The maximum atomic E-state index is 12.7. The lowest BCUT2D eigenvalue weighted by molar-refractivity contribution is -0.255. The molecule has 1 N–H and O–H groups in total. The summed E-state index contributed by atoms with van der Waals surface area (Å²) in [7, 11) is -3.82. The number of rotatable bonds is 4. The summed E-state index contributed by atoms with van der Waals surface area (Å²) >= 11 is 3.41. The first-order chi connectivity index (χ1) is 11.4. The Bertz CT molecular complexity index is 1030. The minimum Gasteiger partial charge on any atom is -0.545 e. The van der Waals surface area contributed by atoms with Gasteiger partial charge in [0, 0.05) is 15.5 Å². The summed E-state index contributed by atoms with van der Waals surface area (Å²) in [4.78, 5) is 10.9. The molecule has 0 heterocycles. The molecular formula is C17H11BrNO4S-. The number of sulfonamides is 1. The molecule has 0 atom stereocenters. The number of halogens is 1. The van der Waals surface area contributed by atoms with E-state index in [0.29, 0.717) is 5.39 Å². The maximum Gasteiger partial charge on any atom is 0.262 e. The molecule has 0 aliphatic carbocycles. The Morgan fingerprint density at radius 1 is 0.917 bits per heavy atom. The second-order valence-electron chi connectivity index (χ2n) is 5.06. The number of nitrogens with one attached hydrogen (secondary N) is 1. The molecule has 24 heavy (non-hydrogen) atoms. The van der Waals surface area contributed by atoms with Crippen LogP contribution in [-0.4, -0.2) is 14.4 Å². The van der Waals surface area contributed by atoms with Crippen LogP contribution in [0.5, 0.6) is 0 Å². The van der Waals surface area contributed by atoms with Crippen LogP contribution < -0.4 is 9.83 Å². The molecule has 7 heteroatoms. The van der Waals surface area contributed by atoms with Crippen LogP contribution in [0.25, 0.3) is 10.8 Å². The van der Waals surface area contributed by atoms with Crippen LogP contribution in [0.3, 0.4) is 0 Å². The fourth-order valence-corrected chi connectivity index (χ4v) is 4.10. The largest absolute Gasteiger partial charge is 0.545 e. The van der Waals surface area contributed by atoms with Crippen LogP contribution in [0.15, 0.2) is 70.0 Å². The highest BCUT2D eigenvalue weighted by Gasteiger charge is 2.18. The zero-order valence-electron chi connectivity index (χ0n) is 12.2. The Kier molecular flexibility index (Phi) is 4.29. The van der Waals surface area contributed by atoms with Gasteiger partial charge in [0.2, 0.25) is 0 Å². The van der Waals surface area contributed by atoms with E-state index in [0.717, 1.165) is 9.86 Å². The van der Waals surface area contributed by atoms with Gasteiger partial charge in [-0.3, -0.25) is 4.72 Å². The number of carbonyl (C=O) groups excluding carboxylic acids is 1. The van der Waals surface area contributed by atoms with Gasteiger partial charge < -0.3 is 9.90 Å². The first-order valence-corrected chi connectivity index (χ1v) is 9.17. The van der Waals surface area contributed by atoms with Crippen molar-refractivity contribution in [3.63, 3.8) is 0 Å². The molecule has 5 nitrogen and oxygen atoms in total. The van der Waals surface area contributed by atoms with Gasteiger partial charge in [-0.1, -0.05) is 52.3 Å². The lowest BCUT2D eigenvalue weighted by Gasteiger charge is -2.12. The highest BCUT2D eigenvalue weighted by atomic mass is 79.9. The van der Waals surface area contributed by atoms with Gasteiger partial charge in [-0.05, 0) is 35.2 Å². The molecule has 0 bridgehead atoms. The normalized spacial score (nSPS) is 11.4. The number of benzene rings is 3.